The predicted octanol–water partition coefficient (Wildman–Crippen LogP) is 4.26. The highest BCUT2D eigenvalue weighted by atomic mass is 79.9. The Kier molecular flexibility index (Phi) is 4.75. The van der Waals surface area contributed by atoms with Crippen LogP contribution in [0.15, 0.2) is 35.3 Å². The van der Waals surface area contributed by atoms with Gasteiger partial charge in [0.15, 0.2) is 11.5 Å². The molecular formula is C19H19BrClNO3. The van der Waals surface area contributed by atoms with Crippen LogP contribution in [0.4, 0.5) is 0 Å². The van der Waals surface area contributed by atoms with E-state index in [0.717, 1.165) is 52.7 Å². The molecule has 2 aromatic rings. The van der Waals surface area contributed by atoms with E-state index in [2.05, 4.69) is 27.4 Å². The first-order valence-electron chi connectivity index (χ1n) is 7.93. The van der Waals surface area contributed by atoms with Crippen LogP contribution in [-0.2, 0) is 12.8 Å². The standard InChI is InChI=1S/C19H18BrNO3.ClH/c1-10(20)9-21-5-4-12-6-13(22)8-14-17(12)15(21)7-11-2-3-16(23)19(24)18(11)14;/h2-3,6,8,15,22-24H,1,4-5,7,9H2;1H. The smallest absolute Gasteiger partial charge is 0.165 e. The fraction of sp³-hybridized carbons (Fsp3) is 0.263. The number of hydrogen-bond donors (Lipinski definition) is 3. The van der Waals surface area contributed by atoms with Crippen molar-refractivity contribution in [3.8, 4) is 28.4 Å². The Morgan fingerprint density at radius 1 is 1.20 bits per heavy atom. The largest absolute Gasteiger partial charge is 0.508 e. The molecule has 3 N–H and O–H groups in total. The minimum Gasteiger partial charge on any atom is -0.508 e. The molecular weight excluding hydrogens is 406 g/mol. The number of hydrogen-bond acceptors (Lipinski definition) is 4. The van der Waals surface area contributed by atoms with Crippen molar-refractivity contribution in [2.75, 3.05) is 13.1 Å². The SMILES string of the molecule is C=C(Br)CN1CCc2cc(O)cc3c2C1Cc1ccc(O)c(O)c1-3.Cl. The van der Waals surface area contributed by atoms with E-state index >= 15 is 0 Å². The van der Waals surface area contributed by atoms with Gasteiger partial charge in [-0.05, 0) is 53.3 Å². The summed E-state index contributed by atoms with van der Waals surface area (Å²) in [5, 5.41) is 30.4. The molecule has 2 aliphatic rings. The molecule has 0 amide bonds. The van der Waals surface area contributed by atoms with Crippen molar-refractivity contribution in [3.63, 3.8) is 0 Å². The number of aromatic hydroxyl groups is 3. The predicted molar refractivity (Wildman–Crippen MR) is 104 cm³/mol. The van der Waals surface area contributed by atoms with Crippen LogP contribution in [0.1, 0.15) is 22.7 Å². The summed E-state index contributed by atoms with van der Waals surface area (Å²) in [6, 6.07) is 7.06. The molecule has 2 aromatic carbocycles. The van der Waals surface area contributed by atoms with Crippen LogP contribution in [0.5, 0.6) is 17.2 Å². The average Bonchev–Trinajstić information content (AvgIpc) is 2.52. The first kappa shape index (κ1) is 18.1. The van der Waals surface area contributed by atoms with E-state index in [1.54, 1.807) is 6.07 Å². The van der Waals surface area contributed by atoms with Crippen LogP contribution in [0.2, 0.25) is 0 Å². The molecule has 4 nitrogen and oxygen atoms in total. The molecule has 132 valence electrons. The molecule has 4 rings (SSSR count). The molecule has 6 heteroatoms. The summed E-state index contributed by atoms with van der Waals surface area (Å²) in [7, 11) is 0. The third-order valence-corrected chi connectivity index (χ3v) is 5.24. The summed E-state index contributed by atoms with van der Waals surface area (Å²) in [4.78, 5) is 2.37. The van der Waals surface area contributed by atoms with E-state index < -0.39 is 0 Å². The number of nitrogens with zero attached hydrogens (tertiary/aromatic N) is 1. The summed E-state index contributed by atoms with van der Waals surface area (Å²) >= 11 is 3.46. The number of phenols is 3. The van der Waals surface area contributed by atoms with Crippen LogP contribution in [0, 0.1) is 0 Å². The van der Waals surface area contributed by atoms with Gasteiger partial charge in [0, 0.05) is 29.2 Å². The van der Waals surface area contributed by atoms with Gasteiger partial charge in [-0.3, -0.25) is 4.90 Å². The molecule has 1 unspecified atom stereocenters. The molecule has 0 saturated heterocycles. The van der Waals surface area contributed by atoms with Gasteiger partial charge in [0.1, 0.15) is 5.75 Å². The highest BCUT2D eigenvalue weighted by Gasteiger charge is 2.36. The summed E-state index contributed by atoms with van der Waals surface area (Å²) in [6.45, 7) is 5.61. The number of rotatable bonds is 2. The second-order valence-corrected chi connectivity index (χ2v) is 7.61. The molecule has 0 spiro atoms. The fourth-order valence-corrected chi connectivity index (χ4v) is 4.37. The average molecular weight is 425 g/mol. The van der Waals surface area contributed by atoms with Gasteiger partial charge in [-0.1, -0.05) is 28.6 Å². The Labute approximate surface area is 161 Å². The maximum Gasteiger partial charge on any atom is 0.165 e. The minimum atomic E-state index is -0.134. The molecule has 1 aliphatic heterocycles. The van der Waals surface area contributed by atoms with Crippen LogP contribution < -0.4 is 0 Å². The summed E-state index contributed by atoms with van der Waals surface area (Å²) in [5.41, 5.74) is 4.68. The monoisotopic (exact) mass is 423 g/mol. The number of halogens is 2. The zero-order valence-electron chi connectivity index (χ0n) is 13.5. The summed E-state index contributed by atoms with van der Waals surface area (Å²) in [6.07, 6.45) is 1.59. The normalized spacial score (nSPS) is 18.0. The van der Waals surface area contributed by atoms with Crippen molar-refractivity contribution in [1.82, 2.24) is 4.90 Å². The first-order valence-corrected chi connectivity index (χ1v) is 8.72. The lowest BCUT2D eigenvalue weighted by Gasteiger charge is -2.41. The minimum absolute atomic E-state index is 0. The maximum atomic E-state index is 10.4. The summed E-state index contributed by atoms with van der Waals surface area (Å²) < 4.78 is 0.936. The Morgan fingerprint density at radius 2 is 1.96 bits per heavy atom. The van der Waals surface area contributed by atoms with Crippen LogP contribution in [0.25, 0.3) is 11.1 Å². The quantitative estimate of drug-likeness (QED) is 0.631. The van der Waals surface area contributed by atoms with E-state index in [9.17, 15) is 15.3 Å². The zero-order valence-corrected chi connectivity index (χ0v) is 15.9. The van der Waals surface area contributed by atoms with Gasteiger partial charge < -0.3 is 15.3 Å². The molecule has 1 aliphatic carbocycles. The van der Waals surface area contributed by atoms with Crippen LogP contribution in [0.3, 0.4) is 0 Å². The molecule has 0 bridgehead atoms. The lowest BCUT2D eigenvalue weighted by Crippen LogP contribution is -2.39. The van der Waals surface area contributed by atoms with Crippen molar-refractivity contribution in [2.24, 2.45) is 0 Å². The second-order valence-electron chi connectivity index (χ2n) is 6.49. The van der Waals surface area contributed by atoms with Crippen LogP contribution >= 0.6 is 28.3 Å². The van der Waals surface area contributed by atoms with Crippen molar-refractivity contribution in [2.45, 2.75) is 18.9 Å². The van der Waals surface area contributed by atoms with Gasteiger partial charge in [0.2, 0.25) is 0 Å². The zero-order chi connectivity index (χ0) is 17.0. The van der Waals surface area contributed by atoms with Gasteiger partial charge in [-0.2, -0.15) is 0 Å². The molecule has 0 aromatic heterocycles. The molecule has 25 heavy (non-hydrogen) atoms. The molecule has 0 saturated carbocycles. The van der Waals surface area contributed by atoms with Crippen LogP contribution in [-0.4, -0.2) is 33.3 Å². The van der Waals surface area contributed by atoms with Gasteiger partial charge in [0.05, 0.1) is 0 Å². The Balaban J connectivity index is 0.00000182. The number of phenolic OH excluding ortho intramolecular Hbond substituents is 3. The highest BCUT2D eigenvalue weighted by molar-refractivity contribution is 9.11. The topological polar surface area (TPSA) is 63.9 Å². The highest BCUT2D eigenvalue weighted by Crippen LogP contribution is 2.51. The van der Waals surface area contributed by atoms with Crippen molar-refractivity contribution in [1.29, 1.82) is 0 Å². The molecule has 1 heterocycles. The number of fused-ring (bicyclic) bond motifs is 2. The van der Waals surface area contributed by atoms with Crippen molar-refractivity contribution < 1.29 is 15.3 Å². The lowest BCUT2D eigenvalue weighted by atomic mass is 9.76. The van der Waals surface area contributed by atoms with Gasteiger partial charge >= 0.3 is 0 Å². The maximum absolute atomic E-state index is 10.4. The van der Waals surface area contributed by atoms with E-state index in [1.165, 1.54) is 6.07 Å². The van der Waals surface area contributed by atoms with E-state index in [-0.39, 0.29) is 35.7 Å². The second kappa shape index (κ2) is 6.56. The lowest BCUT2D eigenvalue weighted by molar-refractivity contribution is 0.202. The Hall–Kier alpha value is -1.69. The van der Waals surface area contributed by atoms with Crippen molar-refractivity contribution in [3.05, 3.63) is 52.0 Å². The van der Waals surface area contributed by atoms with Gasteiger partial charge in [0.25, 0.3) is 0 Å². The van der Waals surface area contributed by atoms with E-state index in [4.69, 9.17) is 0 Å². The Bertz CT molecular complexity index is 868. The van der Waals surface area contributed by atoms with E-state index in [1.807, 2.05) is 12.1 Å². The first-order chi connectivity index (χ1) is 11.5. The third-order valence-electron chi connectivity index (χ3n) is 4.99. The molecule has 0 fully saturated rings. The Morgan fingerprint density at radius 3 is 2.68 bits per heavy atom. The number of benzene rings is 2. The fourth-order valence-electron chi connectivity index (χ4n) is 4.05. The van der Waals surface area contributed by atoms with Gasteiger partial charge in [-0.25, -0.2) is 0 Å². The van der Waals surface area contributed by atoms with E-state index in [0.29, 0.717) is 5.56 Å². The molecule has 0 radical (unpaired) electrons. The summed E-state index contributed by atoms with van der Waals surface area (Å²) in [5.74, 6) is -0.0528. The third kappa shape index (κ3) is 2.90. The van der Waals surface area contributed by atoms with Gasteiger partial charge in [-0.15, -0.1) is 12.4 Å². The van der Waals surface area contributed by atoms with Crippen molar-refractivity contribution >= 4 is 28.3 Å². The molecule has 1 atom stereocenters.